The van der Waals surface area contributed by atoms with Crippen LogP contribution in [0.25, 0.3) is 0 Å². The molecule has 0 aromatic heterocycles. The molecule has 0 N–H and O–H groups in total. The molecule has 0 aliphatic carbocycles. The van der Waals surface area contributed by atoms with Gasteiger partial charge in [-0.05, 0) is 39.7 Å². The smallest absolute Gasteiger partial charge is 0.311 e. The largest absolute Gasteiger partial charge is 0.493 e. The summed E-state index contributed by atoms with van der Waals surface area (Å²) in [5.41, 5.74) is 1.45. The maximum absolute atomic E-state index is 11.9. The summed E-state index contributed by atoms with van der Waals surface area (Å²) in [6.07, 6.45) is 0.752. The van der Waals surface area contributed by atoms with E-state index in [0.29, 0.717) is 6.61 Å². The summed E-state index contributed by atoms with van der Waals surface area (Å²) in [7, 11) is 0. The molecule has 0 atom stereocenters. The van der Waals surface area contributed by atoms with Gasteiger partial charge < -0.3 is 9.47 Å². The van der Waals surface area contributed by atoms with Crippen LogP contribution < -0.4 is 4.74 Å². The lowest BCUT2D eigenvalue weighted by molar-refractivity contribution is -0.155. The van der Waals surface area contributed by atoms with Crippen LogP contribution in [0.5, 0.6) is 5.75 Å². The molecule has 0 heterocycles. The second-order valence-corrected chi connectivity index (χ2v) is 5.23. The first-order valence-corrected chi connectivity index (χ1v) is 6.60. The molecule has 0 unspecified atom stereocenters. The maximum Gasteiger partial charge on any atom is 0.311 e. The molecule has 3 heteroatoms. The number of esters is 1. The third-order valence-electron chi connectivity index (χ3n) is 3.34. The van der Waals surface area contributed by atoms with E-state index < -0.39 is 5.41 Å². The zero-order chi connectivity index (χ0) is 14.5. The van der Waals surface area contributed by atoms with Crippen molar-refractivity contribution < 1.29 is 14.3 Å². The fourth-order valence-corrected chi connectivity index (χ4v) is 1.62. The highest BCUT2D eigenvalue weighted by atomic mass is 16.5. The van der Waals surface area contributed by atoms with Gasteiger partial charge in [-0.15, -0.1) is 0 Å². The van der Waals surface area contributed by atoms with E-state index in [2.05, 4.69) is 6.92 Å². The molecule has 0 aliphatic rings. The number of carbonyl (C=O) groups excluding carboxylic acids is 1. The van der Waals surface area contributed by atoms with Gasteiger partial charge in [-0.3, -0.25) is 4.79 Å². The maximum atomic E-state index is 11.9. The van der Waals surface area contributed by atoms with Crippen molar-refractivity contribution in [3.8, 4) is 5.75 Å². The fourth-order valence-electron chi connectivity index (χ4n) is 1.62. The monoisotopic (exact) mass is 263 g/mol. The van der Waals surface area contributed by atoms with E-state index in [4.69, 9.17) is 9.47 Å². The van der Waals surface area contributed by atoms with Crippen LogP contribution in [0.4, 0.5) is 0 Å². The number of carbonyl (C=O) groups is 1. The van der Waals surface area contributed by atoms with E-state index >= 15 is 0 Å². The van der Waals surface area contributed by atoms with Gasteiger partial charge in [0.1, 0.15) is 12.4 Å². The predicted octanol–water partition coefficient (Wildman–Crippen LogP) is 3.69. The summed E-state index contributed by atoms with van der Waals surface area (Å²) in [6, 6.07) is 5.80. The highest BCUT2D eigenvalue weighted by Crippen LogP contribution is 2.26. The molecular formula is C16H23O3. The van der Waals surface area contributed by atoms with Gasteiger partial charge in [0.15, 0.2) is 0 Å². The van der Waals surface area contributed by atoms with Crippen LogP contribution in [0.15, 0.2) is 18.2 Å². The Labute approximate surface area is 115 Å². The summed E-state index contributed by atoms with van der Waals surface area (Å²) in [5, 5.41) is 0. The third-order valence-corrected chi connectivity index (χ3v) is 3.34. The van der Waals surface area contributed by atoms with Crippen LogP contribution in [-0.2, 0) is 16.1 Å². The molecule has 3 nitrogen and oxygen atoms in total. The molecule has 0 spiro atoms. The molecule has 105 valence electrons. The lowest BCUT2D eigenvalue weighted by Gasteiger charge is -2.21. The van der Waals surface area contributed by atoms with Crippen LogP contribution in [0, 0.1) is 19.3 Å². The van der Waals surface area contributed by atoms with E-state index in [1.807, 2.05) is 45.9 Å². The second-order valence-electron chi connectivity index (χ2n) is 5.23. The van der Waals surface area contributed by atoms with Gasteiger partial charge in [-0.25, -0.2) is 0 Å². The molecular weight excluding hydrogens is 240 g/mol. The van der Waals surface area contributed by atoms with Gasteiger partial charge in [0, 0.05) is 5.56 Å². The van der Waals surface area contributed by atoms with Crippen molar-refractivity contribution in [1.29, 1.82) is 0 Å². The Bertz CT molecular complexity index is 436. The molecule has 1 aromatic carbocycles. The Morgan fingerprint density at radius 1 is 1.37 bits per heavy atom. The summed E-state index contributed by atoms with van der Waals surface area (Å²) in [5.74, 6) is 0.580. The van der Waals surface area contributed by atoms with E-state index in [0.717, 1.165) is 23.3 Å². The quantitative estimate of drug-likeness (QED) is 0.734. The van der Waals surface area contributed by atoms with Gasteiger partial charge in [0.25, 0.3) is 0 Å². The van der Waals surface area contributed by atoms with Crippen molar-refractivity contribution in [1.82, 2.24) is 0 Å². The standard InChI is InChI=1S/C16H23O3/c1-6-16(4,5)15(17)19-11-13-10-8-9-12(3)14(13)18-7-2/h8-10H,2,6-7,11H2,1,3-5H3. The zero-order valence-corrected chi connectivity index (χ0v) is 12.3. The molecule has 0 fully saturated rings. The minimum absolute atomic E-state index is 0.183. The third kappa shape index (κ3) is 3.98. The topological polar surface area (TPSA) is 35.5 Å². The van der Waals surface area contributed by atoms with Crippen molar-refractivity contribution in [2.75, 3.05) is 6.61 Å². The zero-order valence-electron chi connectivity index (χ0n) is 12.3. The van der Waals surface area contributed by atoms with Gasteiger partial charge in [-0.2, -0.15) is 0 Å². The first-order chi connectivity index (χ1) is 8.92. The molecule has 0 aliphatic heterocycles. The van der Waals surface area contributed by atoms with Gasteiger partial charge in [0.05, 0.1) is 12.0 Å². The number of rotatable bonds is 6. The Hall–Kier alpha value is -1.51. The normalized spacial score (nSPS) is 11.2. The lowest BCUT2D eigenvalue weighted by Crippen LogP contribution is -2.25. The first kappa shape index (κ1) is 15.5. The van der Waals surface area contributed by atoms with Crippen LogP contribution in [0.1, 0.15) is 38.3 Å². The number of benzene rings is 1. The number of hydrogen-bond donors (Lipinski definition) is 0. The number of aryl methyl sites for hydroxylation is 1. The summed E-state index contributed by atoms with van der Waals surface area (Å²) < 4.78 is 10.9. The molecule has 1 rings (SSSR count). The Balaban J connectivity index is 2.78. The van der Waals surface area contributed by atoms with Crippen molar-refractivity contribution in [3.05, 3.63) is 36.2 Å². The molecule has 1 radical (unpaired) electrons. The minimum atomic E-state index is -0.447. The Morgan fingerprint density at radius 2 is 2.05 bits per heavy atom. The molecule has 0 saturated heterocycles. The summed E-state index contributed by atoms with van der Waals surface area (Å²) in [4.78, 5) is 11.9. The average Bonchev–Trinajstić information content (AvgIpc) is 2.39. The second kappa shape index (κ2) is 6.60. The molecule has 0 saturated carbocycles. The lowest BCUT2D eigenvalue weighted by atomic mass is 9.91. The highest BCUT2D eigenvalue weighted by molar-refractivity contribution is 5.75. The summed E-state index contributed by atoms with van der Waals surface area (Å²) in [6.45, 7) is 12.0. The Kier molecular flexibility index (Phi) is 5.40. The van der Waals surface area contributed by atoms with Gasteiger partial charge >= 0.3 is 5.97 Å². The Morgan fingerprint density at radius 3 is 2.63 bits per heavy atom. The average molecular weight is 263 g/mol. The SMILES string of the molecule is [CH2]COc1c(C)cccc1COC(=O)C(C)(C)CC. The van der Waals surface area contributed by atoms with E-state index in [-0.39, 0.29) is 12.6 Å². The minimum Gasteiger partial charge on any atom is -0.493 e. The highest BCUT2D eigenvalue weighted by Gasteiger charge is 2.27. The van der Waals surface area contributed by atoms with E-state index in [1.54, 1.807) is 0 Å². The molecule has 1 aromatic rings. The predicted molar refractivity (Wildman–Crippen MR) is 75.9 cm³/mol. The molecule has 0 bridgehead atoms. The van der Waals surface area contributed by atoms with Crippen LogP contribution in [0.3, 0.4) is 0 Å². The van der Waals surface area contributed by atoms with E-state index in [1.165, 1.54) is 0 Å². The van der Waals surface area contributed by atoms with Crippen LogP contribution >= 0.6 is 0 Å². The molecule has 0 amide bonds. The van der Waals surface area contributed by atoms with Crippen LogP contribution in [0.2, 0.25) is 0 Å². The first-order valence-electron chi connectivity index (χ1n) is 6.60. The van der Waals surface area contributed by atoms with Crippen molar-refractivity contribution in [2.24, 2.45) is 5.41 Å². The number of para-hydroxylation sites is 1. The van der Waals surface area contributed by atoms with Crippen molar-refractivity contribution in [3.63, 3.8) is 0 Å². The summed E-state index contributed by atoms with van der Waals surface area (Å²) >= 11 is 0. The fraction of sp³-hybridized carbons (Fsp3) is 0.500. The van der Waals surface area contributed by atoms with Crippen LogP contribution in [-0.4, -0.2) is 12.6 Å². The number of hydrogen-bond acceptors (Lipinski definition) is 3. The van der Waals surface area contributed by atoms with Crippen molar-refractivity contribution >= 4 is 5.97 Å². The number of ether oxygens (including phenoxy) is 2. The van der Waals surface area contributed by atoms with Gasteiger partial charge in [0.2, 0.25) is 0 Å². The van der Waals surface area contributed by atoms with Crippen molar-refractivity contribution in [2.45, 2.75) is 40.7 Å². The van der Waals surface area contributed by atoms with E-state index in [9.17, 15) is 4.79 Å². The molecule has 19 heavy (non-hydrogen) atoms. The van der Waals surface area contributed by atoms with Gasteiger partial charge in [-0.1, -0.05) is 25.1 Å².